The molecule has 4 aromatic heterocycles. The Balaban J connectivity index is 1.52. The smallest absolute Gasteiger partial charge is 0.241 e. The van der Waals surface area contributed by atoms with Gasteiger partial charge in [-0.1, -0.05) is 0 Å². The van der Waals surface area contributed by atoms with Crippen LogP contribution < -0.4 is 11.1 Å². The lowest BCUT2D eigenvalue weighted by Crippen LogP contribution is -2.44. The van der Waals surface area contributed by atoms with Gasteiger partial charge < -0.3 is 15.6 Å². The summed E-state index contributed by atoms with van der Waals surface area (Å²) in [5.74, 6) is 1.61. The van der Waals surface area contributed by atoms with Crippen LogP contribution in [-0.4, -0.2) is 41.2 Å². The molecule has 0 aliphatic heterocycles. The third kappa shape index (κ3) is 2.64. The number of aromatic nitrogens is 6. The SMILES string of the molecule is CCn1c(C)nc2ccc(-c3ccn4nc(NC5CC(N)C5)ncc34)nc21. The van der Waals surface area contributed by atoms with Crippen molar-refractivity contribution in [2.24, 2.45) is 5.73 Å². The fourth-order valence-corrected chi connectivity index (χ4v) is 3.79. The summed E-state index contributed by atoms with van der Waals surface area (Å²) in [5.41, 5.74) is 10.5. The Morgan fingerprint density at radius 1 is 1.22 bits per heavy atom. The number of hydrogen-bond acceptors (Lipinski definition) is 6. The maximum absolute atomic E-state index is 5.84. The minimum Gasteiger partial charge on any atom is -0.350 e. The molecule has 1 saturated carbocycles. The van der Waals surface area contributed by atoms with E-state index in [9.17, 15) is 0 Å². The highest BCUT2D eigenvalue weighted by Gasteiger charge is 2.26. The van der Waals surface area contributed by atoms with Gasteiger partial charge in [-0.25, -0.2) is 19.5 Å². The van der Waals surface area contributed by atoms with Gasteiger partial charge in [-0.05, 0) is 44.9 Å². The predicted molar refractivity (Wildman–Crippen MR) is 105 cm³/mol. The van der Waals surface area contributed by atoms with Gasteiger partial charge in [0.05, 0.1) is 17.4 Å². The second kappa shape index (κ2) is 6.02. The zero-order valence-electron chi connectivity index (χ0n) is 15.4. The number of anilines is 1. The number of nitrogens with two attached hydrogens (primary N) is 1. The van der Waals surface area contributed by atoms with Gasteiger partial charge in [0, 0.05) is 30.4 Å². The minimum atomic E-state index is 0.297. The molecule has 1 aliphatic rings. The van der Waals surface area contributed by atoms with E-state index in [2.05, 4.69) is 31.9 Å². The van der Waals surface area contributed by atoms with Crippen molar-refractivity contribution in [2.75, 3.05) is 5.32 Å². The van der Waals surface area contributed by atoms with E-state index in [1.807, 2.05) is 42.0 Å². The number of fused-ring (bicyclic) bond motifs is 2. The van der Waals surface area contributed by atoms with Gasteiger partial charge in [-0.3, -0.25) is 0 Å². The summed E-state index contributed by atoms with van der Waals surface area (Å²) in [6, 6.07) is 6.73. The Labute approximate surface area is 156 Å². The zero-order valence-corrected chi connectivity index (χ0v) is 15.4. The molecule has 4 aromatic rings. The first-order valence-corrected chi connectivity index (χ1v) is 9.33. The monoisotopic (exact) mass is 362 g/mol. The number of hydrogen-bond donors (Lipinski definition) is 2. The van der Waals surface area contributed by atoms with E-state index in [0.29, 0.717) is 18.0 Å². The fourth-order valence-electron chi connectivity index (χ4n) is 3.79. The molecule has 5 rings (SSSR count). The second-order valence-electron chi connectivity index (χ2n) is 7.16. The first-order chi connectivity index (χ1) is 13.1. The van der Waals surface area contributed by atoms with Gasteiger partial charge in [-0.2, -0.15) is 0 Å². The molecule has 0 amide bonds. The number of nitrogens with zero attached hydrogens (tertiary/aromatic N) is 6. The first kappa shape index (κ1) is 16.2. The van der Waals surface area contributed by atoms with Crippen LogP contribution in [0.3, 0.4) is 0 Å². The third-order valence-corrected chi connectivity index (χ3v) is 5.30. The maximum Gasteiger partial charge on any atom is 0.241 e. The highest BCUT2D eigenvalue weighted by Crippen LogP contribution is 2.27. The van der Waals surface area contributed by atoms with Crippen LogP contribution in [0.25, 0.3) is 27.9 Å². The third-order valence-electron chi connectivity index (χ3n) is 5.30. The lowest BCUT2D eigenvalue weighted by molar-refractivity contribution is 0.371. The molecule has 27 heavy (non-hydrogen) atoms. The van der Waals surface area contributed by atoms with Crippen LogP contribution in [0.4, 0.5) is 5.95 Å². The van der Waals surface area contributed by atoms with Crippen LogP contribution in [0.2, 0.25) is 0 Å². The van der Waals surface area contributed by atoms with Crippen molar-refractivity contribution in [1.29, 1.82) is 0 Å². The Morgan fingerprint density at radius 3 is 2.85 bits per heavy atom. The second-order valence-corrected chi connectivity index (χ2v) is 7.16. The van der Waals surface area contributed by atoms with E-state index in [-0.39, 0.29) is 0 Å². The highest BCUT2D eigenvalue weighted by atomic mass is 15.3. The van der Waals surface area contributed by atoms with Crippen LogP contribution in [0.5, 0.6) is 0 Å². The highest BCUT2D eigenvalue weighted by molar-refractivity contribution is 5.82. The zero-order chi connectivity index (χ0) is 18.5. The summed E-state index contributed by atoms with van der Waals surface area (Å²) in [5, 5.41) is 7.92. The Morgan fingerprint density at radius 2 is 2.07 bits per heavy atom. The summed E-state index contributed by atoms with van der Waals surface area (Å²) in [6.45, 7) is 4.96. The molecule has 0 atom stereocenters. The van der Waals surface area contributed by atoms with Crippen LogP contribution in [0.1, 0.15) is 25.6 Å². The Kier molecular flexibility index (Phi) is 3.61. The molecule has 0 bridgehead atoms. The molecule has 1 fully saturated rings. The molecule has 1 aliphatic carbocycles. The van der Waals surface area contributed by atoms with E-state index in [0.717, 1.165) is 53.1 Å². The van der Waals surface area contributed by atoms with Crippen molar-refractivity contribution < 1.29 is 0 Å². The molecule has 0 saturated heterocycles. The van der Waals surface area contributed by atoms with Gasteiger partial charge in [0.1, 0.15) is 11.3 Å². The average Bonchev–Trinajstić information content (AvgIpc) is 3.19. The average molecular weight is 362 g/mol. The van der Waals surface area contributed by atoms with Crippen LogP contribution in [0.15, 0.2) is 30.6 Å². The topological polar surface area (TPSA) is 99.0 Å². The van der Waals surface area contributed by atoms with Gasteiger partial charge in [0.2, 0.25) is 5.95 Å². The van der Waals surface area contributed by atoms with Crippen molar-refractivity contribution in [3.05, 3.63) is 36.4 Å². The van der Waals surface area contributed by atoms with E-state index >= 15 is 0 Å². The van der Waals surface area contributed by atoms with Gasteiger partial charge in [-0.15, -0.1) is 5.10 Å². The molecule has 0 radical (unpaired) electrons. The summed E-state index contributed by atoms with van der Waals surface area (Å²) >= 11 is 0. The molecule has 138 valence electrons. The summed E-state index contributed by atoms with van der Waals surface area (Å²) in [4.78, 5) is 13.9. The van der Waals surface area contributed by atoms with Crippen LogP contribution in [0, 0.1) is 6.92 Å². The number of pyridine rings is 1. The molecule has 0 spiro atoms. The molecule has 4 heterocycles. The Bertz CT molecular complexity index is 1140. The summed E-state index contributed by atoms with van der Waals surface area (Å²) < 4.78 is 3.97. The molecule has 8 nitrogen and oxygen atoms in total. The quantitative estimate of drug-likeness (QED) is 0.578. The number of rotatable bonds is 4. The van der Waals surface area contributed by atoms with Gasteiger partial charge in [0.25, 0.3) is 0 Å². The van der Waals surface area contributed by atoms with Crippen molar-refractivity contribution in [2.45, 2.75) is 45.3 Å². The first-order valence-electron chi connectivity index (χ1n) is 9.33. The normalized spacial score (nSPS) is 19.5. The van der Waals surface area contributed by atoms with E-state index < -0.39 is 0 Å². The van der Waals surface area contributed by atoms with Crippen molar-refractivity contribution in [1.82, 2.24) is 29.1 Å². The predicted octanol–water partition coefficient (Wildman–Crippen LogP) is 2.37. The number of aryl methyl sites for hydroxylation is 2. The van der Waals surface area contributed by atoms with Gasteiger partial charge in [0.15, 0.2) is 5.65 Å². The molecular formula is C19H22N8. The summed E-state index contributed by atoms with van der Waals surface area (Å²) in [7, 11) is 0. The molecular weight excluding hydrogens is 340 g/mol. The number of imidazole rings is 1. The molecule has 3 N–H and O–H groups in total. The van der Waals surface area contributed by atoms with E-state index in [1.54, 1.807) is 0 Å². The Hall–Kier alpha value is -3.00. The van der Waals surface area contributed by atoms with Crippen LogP contribution in [-0.2, 0) is 6.54 Å². The number of nitrogens with one attached hydrogen (secondary N) is 1. The van der Waals surface area contributed by atoms with Crippen molar-refractivity contribution in [3.8, 4) is 11.3 Å². The lowest BCUT2D eigenvalue weighted by Gasteiger charge is -2.32. The van der Waals surface area contributed by atoms with Crippen molar-refractivity contribution in [3.63, 3.8) is 0 Å². The molecule has 8 heteroatoms. The molecule has 0 aromatic carbocycles. The van der Waals surface area contributed by atoms with Gasteiger partial charge >= 0.3 is 0 Å². The van der Waals surface area contributed by atoms with E-state index in [4.69, 9.17) is 10.7 Å². The largest absolute Gasteiger partial charge is 0.350 e. The lowest BCUT2D eigenvalue weighted by atomic mass is 9.88. The van der Waals surface area contributed by atoms with Crippen molar-refractivity contribution >= 4 is 22.6 Å². The standard InChI is InChI=1S/C19H22N8/c1-3-26-11(2)22-16-5-4-15(24-18(16)26)14-6-7-27-17(14)10-21-19(25-27)23-13-8-12(20)9-13/h4-7,10,12-13H,3,8-9,20H2,1-2H3,(H,23,25). The molecule has 0 unspecified atom stereocenters. The van der Waals surface area contributed by atoms with Crippen LogP contribution >= 0.6 is 0 Å². The van der Waals surface area contributed by atoms with E-state index in [1.165, 1.54) is 0 Å². The maximum atomic E-state index is 5.84. The summed E-state index contributed by atoms with van der Waals surface area (Å²) in [6.07, 6.45) is 5.72. The minimum absolute atomic E-state index is 0.297. The fraction of sp³-hybridized carbons (Fsp3) is 0.368.